The van der Waals surface area contributed by atoms with E-state index in [0.717, 1.165) is 0 Å². The zero-order chi connectivity index (χ0) is 10.2. The van der Waals surface area contributed by atoms with Crippen LogP contribution in [0.25, 0.3) is 0 Å². The number of hydrogen-bond acceptors (Lipinski definition) is 3. The number of allylic oxidation sites excluding steroid dienone is 3. The van der Waals surface area contributed by atoms with Crippen molar-refractivity contribution in [1.29, 1.82) is 0 Å². The predicted octanol–water partition coefficient (Wildman–Crippen LogP) is 2.40. The maximum Gasteiger partial charge on any atom is 0.261 e. The van der Waals surface area contributed by atoms with Gasteiger partial charge in [-0.2, -0.15) is 0 Å². The molecule has 0 saturated carbocycles. The van der Waals surface area contributed by atoms with Crippen LogP contribution in [0.2, 0.25) is 0 Å². The zero-order valence-electron chi connectivity index (χ0n) is 7.24. The third-order valence-electron chi connectivity index (χ3n) is 1.95. The van der Waals surface area contributed by atoms with Crippen molar-refractivity contribution in [2.45, 2.75) is 13.8 Å². The van der Waals surface area contributed by atoms with E-state index in [2.05, 4.69) is 0 Å². The first-order valence-corrected chi connectivity index (χ1v) is 6.43. The molecule has 1 unspecified atom stereocenters. The highest BCUT2D eigenvalue weighted by molar-refractivity contribution is 8.17. The minimum absolute atomic E-state index is 0.108. The van der Waals surface area contributed by atoms with Gasteiger partial charge in [0.2, 0.25) is 0 Å². The van der Waals surface area contributed by atoms with Crippen molar-refractivity contribution < 1.29 is 8.42 Å². The molecular formula is C8H9ClO2S2. The Hall–Kier alpha value is -0.190. The van der Waals surface area contributed by atoms with Crippen LogP contribution in [0.5, 0.6) is 0 Å². The summed E-state index contributed by atoms with van der Waals surface area (Å²) in [4.78, 5) is 0.763. The first-order valence-electron chi connectivity index (χ1n) is 3.72. The molecule has 0 heterocycles. The van der Waals surface area contributed by atoms with Crippen LogP contribution in [0.3, 0.4) is 0 Å². The van der Waals surface area contributed by atoms with Gasteiger partial charge in [-0.05, 0) is 18.6 Å². The first kappa shape index (κ1) is 10.9. The van der Waals surface area contributed by atoms with E-state index in [1.54, 1.807) is 13.0 Å². The summed E-state index contributed by atoms with van der Waals surface area (Å²) >= 11 is 5.06. The fourth-order valence-electron chi connectivity index (χ4n) is 1.17. The van der Waals surface area contributed by atoms with Crippen LogP contribution in [0.4, 0.5) is 0 Å². The summed E-state index contributed by atoms with van der Waals surface area (Å²) in [6, 6.07) is 0. The van der Waals surface area contributed by atoms with E-state index in [4.69, 9.17) is 22.9 Å². The number of halogens is 1. The summed E-state index contributed by atoms with van der Waals surface area (Å²) < 4.78 is 22.1. The molecule has 0 aromatic carbocycles. The molecule has 2 nitrogen and oxygen atoms in total. The predicted molar refractivity (Wildman–Crippen MR) is 58.4 cm³/mol. The second-order valence-electron chi connectivity index (χ2n) is 2.94. The molecule has 0 aliphatic heterocycles. The summed E-state index contributed by atoms with van der Waals surface area (Å²) in [5.41, 5.74) is 0.583. The lowest BCUT2D eigenvalue weighted by molar-refractivity contribution is 0.615. The quantitative estimate of drug-likeness (QED) is 0.518. The van der Waals surface area contributed by atoms with Gasteiger partial charge >= 0.3 is 0 Å². The van der Waals surface area contributed by atoms with E-state index < -0.39 is 9.05 Å². The normalized spacial score (nSPS) is 23.9. The Morgan fingerprint density at radius 3 is 2.54 bits per heavy atom. The highest BCUT2D eigenvalue weighted by Gasteiger charge is 2.22. The standard InChI is InChI=1S/C8H9ClO2S2/c1-5-3-4-7(13(9,10)11)6(2)8(5)12/h3-5H,1-2H3. The van der Waals surface area contributed by atoms with Gasteiger partial charge < -0.3 is 0 Å². The van der Waals surface area contributed by atoms with E-state index in [0.29, 0.717) is 10.4 Å². The molecule has 1 aliphatic carbocycles. The monoisotopic (exact) mass is 236 g/mol. The maximum atomic E-state index is 11.0. The van der Waals surface area contributed by atoms with Crippen molar-refractivity contribution in [1.82, 2.24) is 0 Å². The minimum Gasteiger partial charge on any atom is -0.207 e. The van der Waals surface area contributed by atoms with Gasteiger partial charge in [0.25, 0.3) is 9.05 Å². The largest absolute Gasteiger partial charge is 0.261 e. The molecule has 1 atom stereocenters. The Balaban J connectivity index is 3.29. The van der Waals surface area contributed by atoms with Gasteiger partial charge in [0.1, 0.15) is 0 Å². The molecule has 0 amide bonds. The van der Waals surface area contributed by atoms with Crippen LogP contribution in [-0.2, 0) is 9.05 Å². The Labute approximate surface area is 87.7 Å². The lowest BCUT2D eigenvalue weighted by atomic mass is 9.97. The summed E-state index contributed by atoms with van der Waals surface area (Å²) in [5.74, 6) is 0.108. The Bertz CT molecular complexity index is 404. The van der Waals surface area contributed by atoms with Crippen LogP contribution in [0.15, 0.2) is 22.6 Å². The summed E-state index contributed by atoms with van der Waals surface area (Å²) in [7, 11) is 1.57. The van der Waals surface area contributed by atoms with Gasteiger partial charge in [-0.15, -0.1) is 0 Å². The molecule has 0 radical (unpaired) electrons. The van der Waals surface area contributed by atoms with Crippen molar-refractivity contribution in [2.24, 2.45) is 5.92 Å². The molecule has 0 fully saturated rings. The minimum atomic E-state index is -3.65. The average molecular weight is 237 g/mol. The van der Waals surface area contributed by atoms with Crippen LogP contribution in [-0.4, -0.2) is 13.3 Å². The number of hydrogen-bond donors (Lipinski definition) is 0. The smallest absolute Gasteiger partial charge is 0.207 e. The van der Waals surface area contributed by atoms with Crippen LogP contribution in [0, 0.1) is 5.92 Å². The Morgan fingerprint density at radius 1 is 1.54 bits per heavy atom. The molecule has 0 saturated heterocycles. The molecule has 0 bridgehead atoms. The third kappa shape index (κ3) is 2.18. The van der Waals surface area contributed by atoms with Crippen LogP contribution in [0.1, 0.15) is 13.8 Å². The van der Waals surface area contributed by atoms with E-state index in [9.17, 15) is 8.42 Å². The van der Waals surface area contributed by atoms with E-state index in [1.807, 2.05) is 6.92 Å². The van der Waals surface area contributed by atoms with Gasteiger partial charge in [0.05, 0.1) is 4.91 Å². The number of rotatable bonds is 1. The zero-order valence-corrected chi connectivity index (χ0v) is 9.63. The molecule has 0 N–H and O–H groups in total. The SMILES string of the molecule is CC1=C(S(=O)(=O)Cl)C=CC(C)C1=S. The maximum absolute atomic E-state index is 11.0. The summed E-state index contributed by atoms with van der Waals surface area (Å²) in [6.07, 6.45) is 3.25. The molecule has 1 rings (SSSR count). The molecule has 72 valence electrons. The topological polar surface area (TPSA) is 34.1 Å². The van der Waals surface area contributed by atoms with Gasteiger partial charge in [-0.25, -0.2) is 8.42 Å². The molecule has 0 aromatic heterocycles. The van der Waals surface area contributed by atoms with Crippen LogP contribution >= 0.6 is 22.9 Å². The molecule has 0 aromatic rings. The first-order chi connectivity index (χ1) is 5.84. The average Bonchev–Trinajstić information content (AvgIpc) is 1.98. The Morgan fingerprint density at radius 2 is 2.08 bits per heavy atom. The van der Waals surface area contributed by atoms with E-state index in [-0.39, 0.29) is 10.8 Å². The summed E-state index contributed by atoms with van der Waals surface area (Å²) in [5, 5.41) is 0. The molecule has 13 heavy (non-hydrogen) atoms. The highest BCUT2D eigenvalue weighted by Crippen LogP contribution is 2.26. The van der Waals surface area contributed by atoms with E-state index in [1.165, 1.54) is 6.08 Å². The van der Waals surface area contributed by atoms with Crippen molar-refractivity contribution in [3.05, 3.63) is 22.6 Å². The van der Waals surface area contributed by atoms with E-state index >= 15 is 0 Å². The van der Waals surface area contributed by atoms with Crippen molar-refractivity contribution >= 4 is 36.8 Å². The second kappa shape index (κ2) is 3.52. The Kier molecular flexibility index (Phi) is 2.95. The van der Waals surface area contributed by atoms with Gasteiger partial charge in [0.15, 0.2) is 0 Å². The fourth-order valence-corrected chi connectivity index (χ4v) is 2.64. The molecule has 1 aliphatic rings. The highest BCUT2D eigenvalue weighted by atomic mass is 35.7. The van der Waals surface area contributed by atoms with Crippen molar-refractivity contribution in [3.8, 4) is 0 Å². The fraction of sp³-hybridized carbons (Fsp3) is 0.375. The molecule has 5 heteroatoms. The van der Waals surface area contributed by atoms with Crippen LogP contribution < -0.4 is 0 Å². The van der Waals surface area contributed by atoms with Gasteiger partial charge in [-0.3, -0.25) is 0 Å². The molecular weight excluding hydrogens is 228 g/mol. The van der Waals surface area contributed by atoms with Gasteiger partial charge in [0, 0.05) is 21.5 Å². The lowest BCUT2D eigenvalue weighted by Crippen LogP contribution is -2.15. The van der Waals surface area contributed by atoms with Crippen molar-refractivity contribution in [3.63, 3.8) is 0 Å². The summed E-state index contributed by atoms with van der Waals surface area (Å²) in [6.45, 7) is 3.59. The second-order valence-corrected chi connectivity index (χ2v) is 5.91. The third-order valence-corrected chi connectivity index (χ3v) is 4.10. The molecule has 0 spiro atoms. The van der Waals surface area contributed by atoms with Gasteiger partial charge in [-0.1, -0.05) is 25.2 Å². The van der Waals surface area contributed by atoms with Crippen molar-refractivity contribution in [2.75, 3.05) is 0 Å². The number of thiocarbonyl (C=S) groups is 1. The lowest BCUT2D eigenvalue weighted by Gasteiger charge is -2.16.